The van der Waals surface area contributed by atoms with E-state index < -0.39 is 11.8 Å². The number of allylic oxidation sites excluding steroid dienone is 1. The van der Waals surface area contributed by atoms with Crippen molar-refractivity contribution in [3.8, 4) is 0 Å². The summed E-state index contributed by atoms with van der Waals surface area (Å²) < 4.78 is 10.4. The molecule has 24 heavy (non-hydrogen) atoms. The summed E-state index contributed by atoms with van der Waals surface area (Å²) in [5, 5.41) is 0.838. The summed E-state index contributed by atoms with van der Waals surface area (Å²) in [6, 6.07) is 3.66. The number of H-pyrrole nitrogens is 1. The highest BCUT2D eigenvalue weighted by Crippen LogP contribution is 2.30. The zero-order valence-electron chi connectivity index (χ0n) is 12.7. The SMILES string of the molecule is NC1=C(C(=O)OCC2CC2)C(=O)/C(=C/c2c[nH]c3ncccc23)O1. The van der Waals surface area contributed by atoms with Crippen LogP contribution in [0.3, 0.4) is 0 Å². The third kappa shape index (κ3) is 2.54. The van der Waals surface area contributed by atoms with Gasteiger partial charge in [-0.25, -0.2) is 9.78 Å². The van der Waals surface area contributed by atoms with Crippen LogP contribution in [0.2, 0.25) is 0 Å². The maximum Gasteiger partial charge on any atom is 0.347 e. The molecule has 0 radical (unpaired) electrons. The van der Waals surface area contributed by atoms with E-state index >= 15 is 0 Å². The molecule has 0 aromatic carbocycles. The predicted octanol–water partition coefficient (Wildman–Crippen LogP) is 1.63. The zero-order chi connectivity index (χ0) is 16.7. The van der Waals surface area contributed by atoms with Gasteiger partial charge in [0.25, 0.3) is 0 Å². The van der Waals surface area contributed by atoms with Crippen LogP contribution in [0.1, 0.15) is 18.4 Å². The quantitative estimate of drug-likeness (QED) is 0.502. The Hall–Kier alpha value is -3.09. The number of esters is 1. The lowest BCUT2D eigenvalue weighted by Crippen LogP contribution is -2.17. The van der Waals surface area contributed by atoms with Crippen molar-refractivity contribution >= 4 is 28.9 Å². The van der Waals surface area contributed by atoms with Crippen LogP contribution in [-0.4, -0.2) is 28.3 Å². The minimum absolute atomic E-state index is 0.00405. The van der Waals surface area contributed by atoms with Crippen LogP contribution in [0.25, 0.3) is 17.1 Å². The minimum Gasteiger partial charge on any atom is -0.462 e. The number of rotatable bonds is 4. The maximum absolute atomic E-state index is 12.4. The molecule has 7 heteroatoms. The van der Waals surface area contributed by atoms with E-state index in [0.29, 0.717) is 18.2 Å². The summed E-state index contributed by atoms with van der Waals surface area (Å²) in [7, 11) is 0. The molecule has 0 atom stereocenters. The molecule has 3 heterocycles. The second kappa shape index (κ2) is 5.52. The fourth-order valence-electron chi connectivity index (χ4n) is 2.53. The Labute approximate surface area is 137 Å². The molecule has 2 aliphatic rings. The second-order valence-electron chi connectivity index (χ2n) is 5.86. The van der Waals surface area contributed by atoms with Gasteiger partial charge in [0.1, 0.15) is 5.65 Å². The Bertz CT molecular complexity index is 905. The molecular weight excluding hydrogens is 310 g/mol. The number of hydrogen-bond donors (Lipinski definition) is 2. The number of ketones is 1. The van der Waals surface area contributed by atoms with Crippen molar-refractivity contribution in [3.05, 3.63) is 47.3 Å². The number of carbonyl (C=O) groups excluding carboxylic acids is 2. The van der Waals surface area contributed by atoms with Crippen LogP contribution in [0, 0.1) is 5.92 Å². The fourth-order valence-corrected chi connectivity index (χ4v) is 2.53. The molecule has 122 valence electrons. The Balaban J connectivity index is 1.57. The van der Waals surface area contributed by atoms with E-state index in [1.807, 2.05) is 6.07 Å². The Kier molecular flexibility index (Phi) is 3.34. The van der Waals surface area contributed by atoms with Gasteiger partial charge in [-0.2, -0.15) is 0 Å². The van der Waals surface area contributed by atoms with Gasteiger partial charge >= 0.3 is 5.97 Å². The number of Topliss-reactive ketones (excluding diaryl/α,β-unsaturated/α-hetero) is 1. The molecule has 0 bridgehead atoms. The van der Waals surface area contributed by atoms with Crippen LogP contribution in [-0.2, 0) is 19.1 Å². The molecule has 1 fully saturated rings. The number of fused-ring (bicyclic) bond motifs is 1. The third-order valence-corrected chi connectivity index (χ3v) is 4.04. The first-order chi connectivity index (χ1) is 11.6. The van der Waals surface area contributed by atoms with Crippen LogP contribution in [0.15, 0.2) is 41.7 Å². The Morgan fingerprint density at radius 1 is 1.50 bits per heavy atom. The highest BCUT2D eigenvalue weighted by atomic mass is 16.5. The van der Waals surface area contributed by atoms with Crippen molar-refractivity contribution in [2.75, 3.05) is 6.61 Å². The summed E-state index contributed by atoms with van der Waals surface area (Å²) in [5.74, 6) is -1.11. The standard InChI is InChI=1S/C17H15N3O4/c18-15-13(17(22)23-8-9-3-4-9)14(21)12(24-15)6-10-7-20-16-11(10)2-1-5-19-16/h1-2,5-7,9H,3-4,8,18H2,(H,19,20)/b12-6-. The number of hydrogen-bond acceptors (Lipinski definition) is 6. The lowest BCUT2D eigenvalue weighted by molar-refractivity contribution is -0.140. The Morgan fingerprint density at radius 2 is 2.33 bits per heavy atom. The van der Waals surface area contributed by atoms with Crippen molar-refractivity contribution in [2.45, 2.75) is 12.8 Å². The number of nitrogens with zero attached hydrogens (tertiary/aromatic N) is 1. The molecule has 2 aromatic heterocycles. The number of ether oxygens (including phenoxy) is 2. The first kappa shape index (κ1) is 14.5. The molecule has 1 saturated carbocycles. The summed E-state index contributed by atoms with van der Waals surface area (Å²) >= 11 is 0. The zero-order valence-corrected chi connectivity index (χ0v) is 12.7. The summed E-state index contributed by atoms with van der Waals surface area (Å²) in [4.78, 5) is 31.7. The largest absolute Gasteiger partial charge is 0.462 e. The lowest BCUT2D eigenvalue weighted by Gasteiger charge is -2.02. The van der Waals surface area contributed by atoms with E-state index in [1.165, 1.54) is 6.08 Å². The number of carbonyl (C=O) groups is 2. The molecule has 3 N–H and O–H groups in total. The van der Waals surface area contributed by atoms with Crippen LogP contribution in [0.5, 0.6) is 0 Å². The molecule has 4 rings (SSSR count). The average Bonchev–Trinajstić information content (AvgIpc) is 3.26. The third-order valence-electron chi connectivity index (χ3n) is 4.04. The van der Waals surface area contributed by atoms with Gasteiger partial charge in [-0.1, -0.05) is 0 Å². The number of aromatic nitrogens is 2. The van der Waals surface area contributed by atoms with E-state index in [0.717, 1.165) is 23.8 Å². The molecule has 0 spiro atoms. The molecule has 0 amide bonds. The Morgan fingerprint density at radius 3 is 3.12 bits per heavy atom. The van der Waals surface area contributed by atoms with Gasteiger partial charge in [-0.15, -0.1) is 0 Å². The van der Waals surface area contributed by atoms with E-state index in [9.17, 15) is 9.59 Å². The minimum atomic E-state index is -0.728. The van der Waals surface area contributed by atoms with Crippen LogP contribution in [0.4, 0.5) is 0 Å². The van der Waals surface area contributed by atoms with Crippen molar-refractivity contribution in [3.63, 3.8) is 0 Å². The van der Waals surface area contributed by atoms with E-state index in [2.05, 4.69) is 9.97 Å². The van der Waals surface area contributed by atoms with Gasteiger partial charge in [0, 0.05) is 23.3 Å². The van der Waals surface area contributed by atoms with Gasteiger partial charge in [0.15, 0.2) is 11.3 Å². The number of aromatic amines is 1. The second-order valence-corrected chi connectivity index (χ2v) is 5.86. The van der Waals surface area contributed by atoms with Crippen molar-refractivity contribution in [1.82, 2.24) is 9.97 Å². The van der Waals surface area contributed by atoms with E-state index in [-0.39, 0.29) is 17.2 Å². The summed E-state index contributed by atoms with van der Waals surface area (Å²) in [6.45, 7) is 0.316. The monoisotopic (exact) mass is 325 g/mol. The normalized spacial score (nSPS) is 19.2. The van der Waals surface area contributed by atoms with Crippen LogP contribution >= 0.6 is 0 Å². The van der Waals surface area contributed by atoms with E-state index in [1.54, 1.807) is 18.5 Å². The molecule has 0 unspecified atom stereocenters. The highest BCUT2D eigenvalue weighted by Gasteiger charge is 2.36. The predicted molar refractivity (Wildman–Crippen MR) is 85.1 cm³/mol. The van der Waals surface area contributed by atoms with Gasteiger partial charge in [0.2, 0.25) is 11.7 Å². The van der Waals surface area contributed by atoms with Crippen molar-refractivity contribution in [1.29, 1.82) is 0 Å². The lowest BCUT2D eigenvalue weighted by atomic mass is 10.1. The molecule has 2 aromatic rings. The fraction of sp³-hybridized carbons (Fsp3) is 0.235. The number of nitrogens with two attached hydrogens (primary N) is 1. The van der Waals surface area contributed by atoms with E-state index in [4.69, 9.17) is 15.2 Å². The number of pyridine rings is 1. The van der Waals surface area contributed by atoms with Gasteiger partial charge in [-0.3, -0.25) is 4.79 Å². The first-order valence-electron chi connectivity index (χ1n) is 7.66. The van der Waals surface area contributed by atoms with Gasteiger partial charge in [0.05, 0.1) is 6.61 Å². The first-order valence-corrected chi connectivity index (χ1v) is 7.66. The summed E-state index contributed by atoms with van der Waals surface area (Å²) in [5.41, 5.74) is 6.88. The van der Waals surface area contributed by atoms with Crippen molar-refractivity contribution in [2.24, 2.45) is 11.7 Å². The van der Waals surface area contributed by atoms with Crippen LogP contribution < -0.4 is 5.73 Å². The molecule has 0 saturated heterocycles. The molecule has 1 aliphatic heterocycles. The van der Waals surface area contributed by atoms with Crippen molar-refractivity contribution < 1.29 is 19.1 Å². The number of nitrogens with one attached hydrogen (secondary N) is 1. The molecule has 7 nitrogen and oxygen atoms in total. The maximum atomic E-state index is 12.4. The molecular formula is C17H15N3O4. The average molecular weight is 325 g/mol. The molecule has 1 aliphatic carbocycles. The highest BCUT2D eigenvalue weighted by molar-refractivity contribution is 6.26. The topological polar surface area (TPSA) is 107 Å². The smallest absolute Gasteiger partial charge is 0.347 e. The summed E-state index contributed by atoms with van der Waals surface area (Å²) in [6.07, 6.45) is 7.01. The van der Waals surface area contributed by atoms with Gasteiger partial charge < -0.3 is 20.2 Å². The van der Waals surface area contributed by atoms with Gasteiger partial charge in [-0.05, 0) is 37.0 Å².